The fourth-order valence-corrected chi connectivity index (χ4v) is 0.294. The van der Waals surface area contributed by atoms with Crippen LogP contribution in [0.2, 0.25) is 0 Å². The third-order valence-electron chi connectivity index (χ3n) is 0.630. The summed E-state index contributed by atoms with van der Waals surface area (Å²) in [6, 6.07) is 0. The first kappa shape index (κ1) is 11.8. The van der Waals surface area contributed by atoms with Crippen LogP contribution in [-0.4, -0.2) is 13.6 Å². The van der Waals surface area contributed by atoms with Crippen LogP contribution in [0, 0.1) is 0 Å². The van der Waals surface area contributed by atoms with Crippen molar-refractivity contribution >= 4 is 0 Å². The van der Waals surface area contributed by atoms with Gasteiger partial charge in [0, 0.05) is 26.0 Å². The van der Waals surface area contributed by atoms with E-state index >= 15 is 0 Å². The predicted molar refractivity (Wildman–Crippen MR) is 47.7 cm³/mol. The van der Waals surface area contributed by atoms with Gasteiger partial charge in [-0.3, -0.25) is 0 Å². The van der Waals surface area contributed by atoms with E-state index in [-0.39, 0.29) is 0 Å². The fraction of sp³-hybridized carbons (Fsp3) is 0.500. The summed E-state index contributed by atoms with van der Waals surface area (Å²) in [7, 11) is 1.85. The molecule has 0 radical (unpaired) electrons. The van der Waals surface area contributed by atoms with Crippen LogP contribution in [0.4, 0.5) is 0 Å². The Labute approximate surface area is 64.0 Å². The van der Waals surface area contributed by atoms with E-state index in [4.69, 9.17) is 0 Å². The Bertz CT molecular complexity index is 77.3. The molecule has 0 aliphatic heterocycles. The fourth-order valence-electron chi connectivity index (χ4n) is 0.294. The average molecular weight is 142 g/mol. The molecule has 60 valence electrons. The molecule has 0 unspecified atom stereocenters. The van der Waals surface area contributed by atoms with Crippen LogP contribution < -0.4 is 10.6 Å². The molecule has 0 saturated heterocycles. The van der Waals surface area contributed by atoms with Gasteiger partial charge in [0.15, 0.2) is 0 Å². The highest BCUT2D eigenvalue weighted by atomic mass is 14.9. The molecule has 0 amide bonds. The van der Waals surface area contributed by atoms with Crippen LogP contribution in [0.25, 0.3) is 0 Å². The van der Waals surface area contributed by atoms with Crippen LogP contribution in [0.1, 0.15) is 13.8 Å². The lowest BCUT2D eigenvalue weighted by Crippen LogP contribution is -2.05. The van der Waals surface area contributed by atoms with Gasteiger partial charge in [-0.1, -0.05) is 19.9 Å². The molecular weight excluding hydrogens is 124 g/mol. The maximum Gasteiger partial charge on any atom is 0.0323 e. The Kier molecular flexibility index (Phi) is 18.6. The summed E-state index contributed by atoms with van der Waals surface area (Å²) < 4.78 is 0. The van der Waals surface area contributed by atoms with Crippen molar-refractivity contribution in [1.82, 2.24) is 10.6 Å². The van der Waals surface area contributed by atoms with Gasteiger partial charge in [-0.2, -0.15) is 0 Å². The Morgan fingerprint density at radius 1 is 1.30 bits per heavy atom. The van der Waals surface area contributed by atoms with Gasteiger partial charge >= 0.3 is 0 Å². The molecule has 0 rings (SSSR count). The molecule has 2 nitrogen and oxygen atoms in total. The van der Waals surface area contributed by atoms with Crippen LogP contribution >= 0.6 is 0 Å². The molecule has 0 heterocycles. The smallest absolute Gasteiger partial charge is 0.0323 e. The van der Waals surface area contributed by atoms with E-state index in [9.17, 15) is 0 Å². The molecule has 0 spiro atoms. The molecule has 0 aromatic heterocycles. The summed E-state index contributed by atoms with van der Waals surface area (Å²) in [6.07, 6.45) is 5.46. The Hall–Kier alpha value is -0.920. The molecule has 2 heteroatoms. The first-order valence-corrected chi connectivity index (χ1v) is 3.58. The highest BCUT2D eigenvalue weighted by molar-refractivity contribution is 4.79. The van der Waals surface area contributed by atoms with E-state index in [0.717, 1.165) is 6.54 Å². The van der Waals surface area contributed by atoms with Gasteiger partial charge in [-0.05, 0) is 0 Å². The van der Waals surface area contributed by atoms with Crippen molar-refractivity contribution in [2.45, 2.75) is 13.8 Å². The van der Waals surface area contributed by atoms with Crippen molar-refractivity contribution in [1.29, 1.82) is 0 Å². The maximum absolute atomic E-state index is 3.54. The third-order valence-corrected chi connectivity index (χ3v) is 0.630. The van der Waals surface area contributed by atoms with Crippen LogP contribution in [0.5, 0.6) is 0 Å². The normalized spacial score (nSPS) is 7.90. The summed E-state index contributed by atoms with van der Waals surface area (Å²) in [6.45, 7) is 8.36. The molecule has 0 fully saturated rings. The first-order valence-electron chi connectivity index (χ1n) is 3.58. The topological polar surface area (TPSA) is 24.1 Å². The van der Waals surface area contributed by atoms with E-state index in [1.165, 1.54) is 0 Å². The second kappa shape index (κ2) is 15.7. The second-order valence-corrected chi connectivity index (χ2v) is 1.32. The molecule has 0 aliphatic carbocycles. The lowest BCUT2D eigenvalue weighted by Gasteiger charge is -1.90. The zero-order valence-corrected chi connectivity index (χ0v) is 7.15. The quantitative estimate of drug-likeness (QED) is 0.459. The van der Waals surface area contributed by atoms with E-state index in [2.05, 4.69) is 17.2 Å². The third kappa shape index (κ3) is 15.7. The standard InChI is InChI=1S/C6H12N2.C2H6/c1-3-4-8-6-5-7-2;1-2/h3,5-8H,1,4H2,2H3;1-2H3/b6-5-;. The predicted octanol–water partition coefficient (Wildman–Crippen LogP) is 1.48. The summed E-state index contributed by atoms with van der Waals surface area (Å²) in [4.78, 5) is 0. The van der Waals surface area contributed by atoms with Crippen LogP contribution in [0.3, 0.4) is 0 Å². The second-order valence-electron chi connectivity index (χ2n) is 1.32. The minimum atomic E-state index is 0.818. The van der Waals surface area contributed by atoms with E-state index in [1.54, 1.807) is 6.08 Å². The van der Waals surface area contributed by atoms with Gasteiger partial charge in [0.2, 0.25) is 0 Å². The molecule has 2 N–H and O–H groups in total. The minimum Gasteiger partial charge on any atom is -0.393 e. The van der Waals surface area contributed by atoms with Gasteiger partial charge < -0.3 is 10.6 Å². The monoisotopic (exact) mass is 142 g/mol. The Morgan fingerprint density at radius 3 is 2.30 bits per heavy atom. The zero-order chi connectivity index (χ0) is 8.24. The maximum atomic E-state index is 3.54. The van der Waals surface area contributed by atoms with Crippen LogP contribution in [-0.2, 0) is 0 Å². The number of nitrogens with one attached hydrogen (secondary N) is 2. The zero-order valence-electron chi connectivity index (χ0n) is 7.15. The lowest BCUT2D eigenvalue weighted by atomic mass is 10.6. The lowest BCUT2D eigenvalue weighted by molar-refractivity contribution is 0.960. The van der Waals surface area contributed by atoms with Crippen molar-refractivity contribution in [2.75, 3.05) is 13.6 Å². The first-order chi connectivity index (χ1) is 4.91. The van der Waals surface area contributed by atoms with Gasteiger partial charge in [-0.25, -0.2) is 0 Å². The number of hydrogen-bond donors (Lipinski definition) is 2. The summed E-state index contributed by atoms with van der Waals surface area (Å²) >= 11 is 0. The van der Waals surface area contributed by atoms with Crippen molar-refractivity contribution in [3.63, 3.8) is 0 Å². The van der Waals surface area contributed by atoms with Gasteiger partial charge in [-0.15, -0.1) is 6.58 Å². The number of rotatable bonds is 4. The summed E-state index contributed by atoms with van der Waals surface area (Å²) in [5.74, 6) is 0. The van der Waals surface area contributed by atoms with E-state index in [1.807, 2.05) is 33.3 Å². The van der Waals surface area contributed by atoms with Crippen LogP contribution in [0.15, 0.2) is 25.1 Å². The van der Waals surface area contributed by atoms with Gasteiger partial charge in [0.1, 0.15) is 0 Å². The Balaban J connectivity index is 0. The van der Waals surface area contributed by atoms with Crippen molar-refractivity contribution in [2.24, 2.45) is 0 Å². The number of hydrogen-bond acceptors (Lipinski definition) is 2. The molecule has 0 aliphatic rings. The van der Waals surface area contributed by atoms with Crippen molar-refractivity contribution in [3.05, 3.63) is 25.1 Å². The summed E-state index contributed by atoms with van der Waals surface area (Å²) in [5, 5.41) is 5.82. The van der Waals surface area contributed by atoms with Gasteiger partial charge in [0.25, 0.3) is 0 Å². The highest BCUT2D eigenvalue weighted by Crippen LogP contribution is 1.60. The largest absolute Gasteiger partial charge is 0.393 e. The van der Waals surface area contributed by atoms with Crippen molar-refractivity contribution in [3.8, 4) is 0 Å². The van der Waals surface area contributed by atoms with E-state index < -0.39 is 0 Å². The van der Waals surface area contributed by atoms with E-state index in [0.29, 0.717) is 0 Å². The summed E-state index contributed by atoms with van der Waals surface area (Å²) in [5.41, 5.74) is 0. The minimum absolute atomic E-state index is 0.818. The highest BCUT2D eigenvalue weighted by Gasteiger charge is 1.64. The Morgan fingerprint density at radius 2 is 1.90 bits per heavy atom. The molecule has 0 aromatic rings. The average Bonchev–Trinajstić information content (AvgIpc) is 2.02. The molecule has 0 saturated carbocycles. The molecule has 0 bridgehead atoms. The molecule has 0 atom stereocenters. The molecule has 0 aromatic carbocycles. The SMILES string of the molecule is C=CCN/C=C\NC.CC. The molecular formula is C8H18N2. The van der Waals surface area contributed by atoms with Crippen molar-refractivity contribution < 1.29 is 0 Å². The van der Waals surface area contributed by atoms with Gasteiger partial charge in [0.05, 0.1) is 0 Å². The molecule has 10 heavy (non-hydrogen) atoms.